The molecule has 2 rings (SSSR count). The third-order valence-electron chi connectivity index (χ3n) is 2.61. The van der Waals surface area contributed by atoms with E-state index < -0.39 is 0 Å². The van der Waals surface area contributed by atoms with Gasteiger partial charge in [-0.05, 0) is 5.41 Å². The molecule has 0 bridgehead atoms. The molecule has 1 heterocycles. The van der Waals surface area contributed by atoms with E-state index in [4.69, 9.17) is 9.78 Å². The molecule has 2 atom stereocenters. The summed E-state index contributed by atoms with van der Waals surface area (Å²) in [7, 11) is 0. The van der Waals surface area contributed by atoms with Gasteiger partial charge in [0.15, 0.2) is 6.33 Å². The van der Waals surface area contributed by atoms with Crippen molar-refractivity contribution in [3.63, 3.8) is 0 Å². The Kier molecular flexibility index (Phi) is 1.26. The quantitative estimate of drug-likeness (QED) is 0.626. The number of aromatic nitrogens is 2. The monoisotopic (exact) mass is 163 g/mol. The minimum Gasteiger partial charge on any atom is -0.339 e. The van der Waals surface area contributed by atoms with Crippen LogP contribution in [0.15, 0.2) is 10.9 Å². The Bertz CT molecular complexity index is 323. The Labute approximate surface area is 70.2 Å². The first kappa shape index (κ1) is 7.29. The highest BCUT2D eigenvalue weighted by Crippen LogP contribution is 2.63. The van der Waals surface area contributed by atoms with Crippen LogP contribution in [0.2, 0.25) is 0 Å². The molecule has 1 aromatic rings. The van der Waals surface area contributed by atoms with Gasteiger partial charge >= 0.3 is 0 Å². The minimum absolute atomic E-state index is 0.00127. The predicted octanol–water partition coefficient (Wildman–Crippen LogP) is 1.33. The molecule has 1 aliphatic rings. The van der Waals surface area contributed by atoms with E-state index in [9.17, 15) is 0 Å². The second-order valence-electron chi connectivity index (χ2n) is 3.69. The Morgan fingerprint density at radius 1 is 1.67 bits per heavy atom. The van der Waals surface area contributed by atoms with Crippen LogP contribution in [0.25, 0.3) is 0 Å². The van der Waals surface area contributed by atoms with Crippen molar-refractivity contribution in [2.75, 3.05) is 0 Å². The zero-order valence-corrected chi connectivity index (χ0v) is 6.98. The minimum atomic E-state index is 0.00127. The van der Waals surface area contributed by atoms with Crippen LogP contribution in [0.5, 0.6) is 0 Å². The molecule has 0 amide bonds. The molecule has 62 valence electrons. The van der Waals surface area contributed by atoms with Crippen LogP contribution in [0.4, 0.5) is 0 Å². The number of nitriles is 1. The van der Waals surface area contributed by atoms with Crippen molar-refractivity contribution in [2.24, 2.45) is 11.3 Å². The highest BCUT2D eigenvalue weighted by atomic mass is 16.5. The summed E-state index contributed by atoms with van der Waals surface area (Å²) in [5.41, 5.74) is 0.00127. The van der Waals surface area contributed by atoms with Gasteiger partial charge in [-0.25, -0.2) is 0 Å². The highest BCUT2D eigenvalue weighted by molar-refractivity contribution is 5.25. The van der Waals surface area contributed by atoms with Crippen molar-refractivity contribution < 1.29 is 4.52 Å². The first-order valence-corrected chi connectivity index (χ1v) is 3.84. The Balaban J connectivity index is 2.27. The van der Waals surface area contributed by atoms with Gasteiger partial charge in [0.2, 0.25) is 5.89 Å². The maximum atomic E-state index is 8.77. The molecule has 0 radical (unpaired) electrons. The Morgan fingerprint density at radius 3 is 2.83 bits per heavy atom. The molecule has 0 aliphatic heterocycles. The van der Waals surface area contributed by atoms with Crippen molar-refractivity contribution in [1.29, 1.82) is 5.26 Å². The van der Waals surface area contributed by atoms with Gasteiger partial charge in [-0.2, -0.15) is 10.2 Å². The molecule has 2 unspecified atom stereocenters. The Morgan fingerprint density at radius 2 is 2.42 bits per heavy atom. The SMILES string of the molecule is CC1(C)C(C#N)C1c1ncno1. The summed E-state index contributed by atoms with van der Waals surface area (Å²) in [6.07, 6.45) is 1.37. The predicted molar refractivity (Wildman–Crippen MR) is 39.9 cm³/mol. The maximum Gasteiger partial charge on any atom is 0.231 e. The van der Waals surface area contributed by atoms with Gasteiger partial charge in [-0.15, -0.1) is 0 Å². The van der Waals surface area contributed by atoms with E-state index >= 15 is 0 Å². The first-order chi connectivity index (χ1) is 5.68. The van der Waals surface area contributed by atoms with Gasteiger partial charge in [-0.1, -0.05) is 19.0 Å². The summed E-state index contributed by atoms with van der Waals surface area (Å²) >= 11 is 0. The summed E-state index contributed by atoms with van der Waals surface area (Å²) < 4.78 is 4.91. The van der Waals surface area contributed by atoms with Crippen molar-refractivity contribution in [3.05, 3.63) is 12.2 Å². The van der Waals surface area contributed by atoms with Gasteiger partial charge in [0.1, 0.15) is 0 Å². The fourth-order valence-corrected chi connectivity index (χ4v) is 1.66. The van der Waals surface area contributed by atoms with Gasteiger partial charge < -0.3 is 4.52 Å². The highest BCUT2D eigenvalue weighted by Gasteiger charge is 2.62. The largest absolute Gasteiger partial charge is 0.339 e. The van der Waals surface area contributed by atoms with E-state index in [1.807, 2.05) is 13.8 Å². The van der Waals surface area contributed by atoms with Crippen LogP contribution in [-0.2, 0) is 0 Å². The molecule has 1 aliphatic carbocycles. The molecule has 0 saturated heterocycles. The van der Waals surface area contributed by atoms with Crippen molar-refractivity contribution >= 4 is 0 Å². The topological polar surface area (TPSA) is 62.7 Å². The Hall–Kier alpha value is -1.37. The smallest absolute Gasteiger partial charge is 0.231 e. The molecule has 4 nitrogen and oxygen atoms in total. The normalized spacial score (nSPS) is 31.1. The van der Waals surface area contributed by atoms with E-state index in [2.05, 4.69) is 16.2 Å². The molecular formula is C8H9N3O. The van der Waals surface area contributed by atoms with E-state index in [0.29, 0.717) is 5.89 Å². The van der Waals surface area contributed by atoms with Crippen LogP contribution in [0.3, 0.4) is 0 Å². The number of rotatable bonds is 1. The van der Waals surface area contributed by atoms with E-state index in [-0.39, 0.29) is 17.3 Å². The van der Waals surface area contributed by atoms with Crippen LogP contribution >= 0.6 is 0 Å². The molecule has 0 N–H and O–H groups in total. The van der Waals surface area contributed by atoms with Gasteiger partial charge in [-0.3, -0.25) is 0 Å². The van der Waals surface area contributed by atoms with Gasteiger partial charge in [0.05, 0.1) is 17.9 Å². The van der Waals surface area contributed by atoms with Crippen molar-refractivity contribution in [2.45, 2.75) is 19.8 Å². The molecule has 0 spiro atoms. The van der Waals surface area contributed by atoms with Crippen LogP contribution < -0.4 is 0 Å². The lowest BCUT2D eigenvalue weighted by molar-refractivity contribution is 0.366. The van der Waals surface area contributed by atoms with Gasteiger partial charge in [0.25, 0.3) is 0 Å². The van der Waals surface area contributed by atoms with E-state index in [1.54, 1.807) is 0 Å². The summed E-state index contributed by atoms with van der Waals surface area (Å²) in [5, 5.41) is 12.3. The van der Waals surface area contributed by atoms with Gasteiger partial charge in [0, 0.05) is 0 Å². The van der Waals surface area contributed by atoms with Crippen molar-refractivity contribution in [1.82, 2.24) is 10.1 Å². The lowest BCUT2D eigenvalue weighted by atomic mass is 10.1. The molecule has 4 heteroatoms. The number of nitrogens with zero attached hydrogens (tertiary/aromatic N) is 3. The van der Waals surface area contributed by atoms with E-state index in [0.717, 1.165) is 0 Å². The fourth-order valence-electron chi connectivity index (χ4n) is 1.66. The second kappa shape index (κ2) is 2.07. The molecule has 1 fully saturated rings. The third-order valence-corrected chi connectivity index (χ3v) is 2.61. The molecular weight excluding hydrogens is 154 g/mol. The lowest BCUT2D eigenvalue weighted by Gasteiger charge is -1.94. The first-order valence-electron chi connectivity index (χ1n) is 3.84. The average Bonchev–Trinajstić information content (AvgIpc) is 2.50. The molecule has 1 aromatic heterocycles. The number of hydrogen-bond acceptors (Lipinski definition) is 4. The summed E-state index contributed by atoms with van der Waals surface area (Å²) in [6.45, 7) is 4.07. The maximum absolute atomic E-state index is 8.77. The van der Waals surface area contributed by atoms with E-state index in [1.165, 1.54) is 6.33 Å². The molecule has 1 saturated carbocycles. The zero-order valence-electron chi connectivity index (χ0n) is 6.98. The lowest BCUT2D eigenvalue weighted by Crippen LogP contribution is -1.89. The number of hydrogen-bond donors (Lipinski definition) is 0. The average molecular weight is 163 g/mol. The zero-order chi connectivity index (χ0) is 8.77. The standard InChI is InChI=1S/C8H9N3O/c1-8(2)5(3-9)6(8)7-10-4-11-12-7/h4-6H,1-2H3. The van der Waals surface area contributed by atoms with Crippen LogP contribution in [0, 0.1) is 22.7 Å². The van der Waals surface area contributed by atoms with Crippen molar-refractivity contribution in [3.8, 4) is 6.07 Å². The summed E-state index contributed by atoms with van der Waals surface area (Å²) in [5.74, 6) is 0.745. The fraction of sp³-hybridized carbons (Fsp3) is 0.625. The second-order valence-corrected chi connectivity index (χ2v) is 3.69. The van der Waals surface area contributed by atoms with Crippen LogP contribution in [-0.4, -0.2) is 10.1 Å². The van der Waals surface area contributed by atoms with Crippen LogP contribution in [0.1, 0.15) is 25.7 Å². The summed E-state index contributed by atoms with van der Waals surface area (Å²) in [4.78, 5) is 3.94. The molecule has 0 aromatic carbocycles. The summed E-state index contributed by atoms with van der Waals surface area (Å²) in [6, 6.07) is 2.24. The molecule has 12 heavy (non-hydrogen) atoms. The third kappa shape index (κ3) is 0.765.